The minimum absolute atomic E-state index is 0.222. The zero-order chi connectivity index (χ0) is 20.8. The van der Waals surface area contributed by atoms with Crippen molar-refractivity contribution in [3.63, 3.8) is 0 Å². The topological polar surface area (TPSA) is 76.6 Å². The molecule has 0 fully saturated rings. The van der Waals surface area contributed by atoms with Crippen LogP contribution < -0.4 is 4.74 Å². The highest BCUT2D eigenvalue weighted by Gasteiger charge is 2.35. The highest BCUT2D eigenvalue weighted by atomic mass is 16.6. The second kappa shape index (κ2) is 9.09. The largest absolute Gasteiger partial charge is 0.497 e. The third-order valence-electron chi connectivity index (χ3n) is 4.72. The number of carbonyl (C=O) groups is 1. The SMILES string of the molecule is COc1ccc(C2=NN(C(=O)CO/N=C\c3ccccc3)[C@@H](c3ccco3)C2)cc1. The molecule has 1 aromatic heterocycles. The normalized spacial score (nSPS) is 16.0. The van der Waals surface area contributed by atoms with Crippen LogP contribution in [0.3, 0.4) is 0 Å². The van der Waals surface area contributed by atoms with Gasteiger partial charge in [0.05, 0.1) is 25.3 Å². The van der Waals surface area contributed by atoms with Gasteiger partial charge in [-0.15, -0.1) is 0 Å². The molecule has 2 heterocycles. The average molecular weight is 403 g/mol. The summed E-state index contributed by atoms with van der Waals surface area (Å²) in [4.78, 5) is 18.0. The van der Waals surface area contributed by atoms with Crippen LogP contribution in [0, 0.1) is 0 Å². The summed E-state index contributed by atoms with van der Waals surface area (Å²) in [5.41, 5.74) is 2.60. The Morgan fingerprint density at radius 1 is 1.17 bits per heavy atom. The maximum absolute atomic E-state index is 12.8. The lowest BCUT2D eigenvalue weighted by atomic mass is 10.0. The number of nitrogens with zero attached hydrogens (tertiary/aromatic N) is 3. The Balaban J connectivity index is 1.47. The summed E-state index contributed by atoms with van der Waals surface area (Å²) in [6.07, 6.45) is 3.69. The Bertz CT molecular complexity index is 1030. The molecule has 3 aromatic rings. The van der Waals surface area contributed by atoms with E-state index in [-0.39, 0.29) is 18.6 Å². The smallest absolute Gasteiger partial charge is 0.284 e. The molecule has 7 nitrogen and oxygen atoms in total. The van der Waals surface area contributed by atoms with Crippen molar-refractivity contribution in [3.05, 3.63) is 89.9 Å². The van der Waals surface area contributed by atoms with E-state index in [9.17, 15) is 4.79 Å². The van der Waals surface area contributed by atoms with E-state index in [2.05, 4.69) is 10.3 Å². The van der Waals surface area contributed by atoms with Gasteiger partial charge in [0, 0.05) is 6.42 Å². The molecule has 30 heavy (non-hydrogen) atoms. The number of rotatable bonds is 7. The number of hydrazone groups is 1. The van der Waals surface area contributed by atoms with Crippen LogP contribution in [0.1, 0.15) is 29.3 Å². The molecular weight excluding hydrogens is 382 g/mol. The number of oxime groups is 1. The van der Waals surface area contributed by atoms with Crippen molar-refractivity contribution in [1.29, 1.82) is 0 Å². The lowest BCUT2D eigenvalue weighted by Gasteiger charge is -2.19. The van der Waals surface area contributed by atoms with Crippen molar-refractivity contribution in [2.75, 3.05) is 13.7 Å². The molecule has 0 N–H and O–H groups in total. The summed E-state index contributed by atoms with van der Waals surface area (Å²) in [5, 5.41) is 9.85. The number of hydrogen-bond donors (Lipinski definition) is 0. The molecule has 0 radical (unpaired) electrons. The fourth-order valence-corrected chi connectivity index (χ4v) is 3.20. The molecule has 0 bridgehead atoms. The number of carbonyl (C=O) groups excluding carboxylic acids is 1. The van der Waals surface area contributed by atoms with Gasteiger partial charge in [0.1, 0.15) is 17.6 Å². The van der Waals surface area contributed by atoms with Gasteiger partial charge in [0.15, 0.2) is 6.61 Å². The van der Waals surface area contributed by atoms with Gasteiger partial charge in [-0.05, 0) is 47.5 Å². The summed E-state index contributed by atoms with van der Waals surface area (Å²) in [5.74, 6) is 1.13. The number of ether oxygens (including phenoxy) is 1. The molecule has 0 spiro atoms. The minimum Gasteiger partial charge on any atom is -0.497 e. The Morgan fingerprint density at radius 2 is 1.97 bits per heavy atom. The Labute approximate surface area is 174 Å². The molecule has 0 unspecified atom stereocenters. The zero-order valence-corrected chi connectivity index (χ0v) is 16.5. The molecule has 152 valence electrons. The first kappa shape index (κ1) is 19.4. The van der Waals surface area contributed by atoms with Crippen LogP contribution in [-0.2, 0) is 9.63 Å². The van der Waals surface area contributed by atoms with Gasteiger partial charge in [0.2, 0.25) is 0 Å². The standard InChI is InChI=1S/C23H21N3O4/c1-28-19-11-9-18(10-12-19)20-14-21(22-8-5-13-29-22)26(25-20)23(27)16-30-24-15-17-6-3-2-4-7-17/h2-13,15,21H,14,16H2,1H3/b24-15-/t21-/m1/s1. The van der Waals surface area contributed by atoms with E-state index in [1.165, 1.54) is 5.01 Å². The Morgan fingerprint density at radius 3 is 2.67 bits per heavy atom. The Hall–Kier alpha value is -3.87. The maximum Gasteiger partial charge on any atom is 0.284 e. The second-order valence-corrected chi connectivity index (χ2v) is 6.67. The lowest BCUT2D eigenvalue weighted by molar-refractivity contribution is -0.138. The van der Waals surface area contributed by atoms with E-state index in [1.54, 1.807) is 25.7 Å². The lowest BCUT2D eigenvalue weighted by Crippen LogP contribution is -2.29. The number of hydrogen-bond acceptors (Lipinski definition) is 6. The van der Waals surface area contributed by atoms with Gasteiger partial charge < -0.3 is 14.0 Å². The van der Waals surface area contributed by atoms with Crippen LogP contribution in [0.15, 0.2) is 87.7 Å². The van der Waals surface area contributed by atoms with Gasteiger partial charge in [-0.3, -0.25) is 4.79 Å². The van der Waals surface area contributed by atoms with Crippen molar-refractivity contribution < 1.29 is 18.8 Å². The average Bonchev–Trinajstić information content (AvgIpc) is 3.47. The molecule has 7 heteroatoms. The number of furan rings is 1. The zero-order valence-electron chi connectivity index (χ0n) is 16.5. The molecule has 1 atom stereocenters. The van der Waals surface area contributed by atoms with Crippen molar-refractivity contribution in [2.45, 2.75) is 12.5 Å². The Kier molecular flexibility index (Phi) is 5.89. The first-order chi connectivity index (χ1) is 14.7. The molecular formula is C23H21N3O4. The van der Waals surface area contributed by atoms with Gasteiger partial charge in [-0.1, -0.05) is 35.5 Å². The van der Waals surface area contributed by atoms with Gasteiger partial charge in [0.25, 0.3) is 5.91 Å². The third-order valence-corrected chi connectivity index (χ3v) is 4.72. The highest BCUT2D eigenvalue weighted by molar-refractivity contribution is 6.03. The van der Waals surface area contributed by atoms with E-state index < -0.39 is 0 Å². The molecule has 1 amide bonds. The van der Waals surface area contributed by atoms with E-state index in [4.69, 9.17) is 14.0 Å². The fourth-order valence-electron chi connectivity index (χ4n) is 3.20. The van der Waals surface area contributed by atoms with Crippen LogP contribution in [0.25, 0.3) is 0 Å². The van der Waals surface area contributed by atoms with Crippen LogP contribution in [0.4, 0.5) is 0 Å². The second-order valence-electron chi connectivity index (χ2n) is 6.67. The van der Waals surface area contributed by atoms with E-state index in [1.807, 2.05) is 60.7 Å². The third kappa shape index (κ3) is 4.41. The van der Waals surface area contributed by atoms with Crippen LogP contribution in [0.5, 0.6) is 5.75 Å². The number of amides is 1. The molecule has 4 rings (SSSR count). The molecule has 1 aliphatic rings. The van der Waals surface area contributed by atoms with Crippen LogP contribution in [0.2, 0.25) is 0 Å². The summed E-state index contributed by atoms with van der Waals surface area (Å²) >= 11 is 0. The van der Waals surface area contributed by atoms with Crippen LogP contribution in [-0.4, -0.2) is 36.6 Å². The molecule has 1 aliphatic heterocycles. The summed E-state index contributed by atoms with van der Waals surface area (Å²) in [6, 6.07) is 20.4. The summed E-state index contributed by atoms with van der Waals surface area (Å²) in [6.45, 7) is -0.222. The summed E-state index contributed by atoms with van der Waals surface area (Å²) < 4.78 is 10.8. The van der Waals surface area contributed by atoms with E-state index in [0.29, 0.717) is 12.2 Å². The molecule has 0 saturated heterocycles. The number of benzene rings is 2. The number of methoxy groups -OCH3 is 1. The minimum atomic E-state index is -0.327. The van der Waals surface area contributed by atoms with Gasteiger partial charge >= 0.3 is 0 Å². The highest BCUT2D eigenvalue weighted by Crippen LogP contribution is 2.33. The fraction of sp³-hybridized carbons (Fsp3) is 0.174. The van der Waals surface area contributed by atoms with Crippen LogP contribution >= 0.6 is 0 Å². The van der Waals surface area contributed by atoms with Crippen molar-refractivity contribution in [3.8, 4) is 5.75 Å². The molecule has 2 aromatic carbocycles. The van der Waals surface area contributed by atoms with Gasteiger partial charge in [-0.2, -0.15) is 5.10 Å². The van der Waals surface area contributed by atoms with Crippen molar-refractivity contribution in [2.24, 2.45) is 10.3 Å². The molecule has 0 aliphatic carbocycles. The maximum atomic E-state index is 12.8. The van der Waals surface area contributed by atoms with E-state index >= 15 is 0 Å². The van der Waals surface area contributed by atoms with E-state index in [0.717, 1.165) is 22.6 Å². The first-order valence-corrected chi connectivity index (χ1v) is 9.52. The van der Waals surface area contributed by atoms with Gasteiger partial charge in [-0.25, -0.2) is 5.01 Å². The predicted octanol–water partition coefficient (Wildman–Crippen LogP) is 4.02. The quantitative estimate of drug-likeness (QED) is 0.441. The van der Waals surface area contributed by atoms with Crippen molar-refractivity contribution >= 4 is 17.8 Å². The summed E-state index contributed by atoms with van der Waals surface area (Å²) in [7, 11) is 1.62. The first-order valence-electron chi connectivity index (χ1n) is 9.52. The molecule has 0 saturated carbocycles. The monoisotopic (exact) mass is 403 g/mol. The van der Waals surface area contributed by atoms with Crippen molar-refractivity contribution in [1.82, 2.24) is 5.01 Å². The predicted molar refractivity (Wildman–Crippen MR) is 112 cm³/mol.